The molecule has 3 aromatic rings. The van der Waals surface area contributed by atoms with Crippen LogP contribution in [0, 0.1) is 0 Å². The molecule has 0 unspecified atom stereocenters. The normalized spacial score (nSPS) is 10.7. The first-order valence-electron chi connectivity index (χ1n) is 9.31. The highest BCUT2D eigenvalue weighted by molar-refractivity contribution is 5.70. The van der Waals surface area contributed by atoms with Crippen LogP contribution in [0.4, 0.5) is 14.4 Å². The van der Waals surface area contributed by atoms with E-state index in [0.29, 0.717) is 19.6 Å². The summed E-state index contributed by atoms with van der Waals surface area (Å²) in [5.74, 6) is 0. The molecule has 0 aliphatic rings. The van der Waals surface area contributed by atoms with E-state index in [2.05, 4.69) is 15.0 Å². The van der Waals surface area contributed by atoms with Gasteiger partial charge in [0.1, 0.15) is 38.8 Å². The summed E-state index contributed by atoms with van der Waals surface area (Å²) in [7, 11) is 0. The van der Waals surface area contributed by atoms with Crippen molar-refractivity contribution in [2.45, 2.75) is 0 Å². The SMILES string of the molecule is O=C(OCCN(CCOC(=O)n1ccnc1)CCOC(=O)n1ccnc1)n1ccnc1. The molecule has 3 aromatic heterocycles. The van der Waals surface area contributed by atoms with Crippen LogP contribution in [0.2, 0.25) is 0 Å². The molecule has 0 saturated heterocycles. The second-order valence-electron chi connectivity index (χ2n) is 6.09. The van der Waals surface area contributed by atoms with Crippen molar-refractivity contribution >= 4 is 18.3 Å². The van der Waals surface area contributed by atoms with E-state index in [1.807, 2.05) is 4.90 Å². The van der Waals surface area contributed by atoms with Gasteiger partial charge in [-0.3, -0.25) is 4.90 Å². The van der Waals surface area contributed by atoms with E-state index in [1.54, 1.807) is 0 Å². The first-order valence-corrected chi connectivity index (χ1v) is 9.31. The second-order valence-corrected chi connectivity index (χ2v) is 6.09. The summed E-state index contributed by atoms with van der Waals surface area (Å²) in [5.41, 5.74) is 0. The highest BCUT2D eigenvalue weighted by Gasteiger charge is 2.12. The Labute approximate surface area is 176 Å². The van der Waals surface area contributed by atoms with E-state index in [1.165, 1.54) is 69.9 Å². The fraction of sp³-hybridized carbons (Fsp3) is 0.333. The van der Waals surface area contributed by atoms with Crippen molar-refractivity contribution < 1.29 is 28.6 Å². The second kappa shape index (κ2) is 11.3. The Bertz CT molecular complexity index is 816. The number of hydrogen-bond donors (Lipinski definition) is 0. The van der Waals surface area contributed by atoms with Crippen LogP contribution >= 0.6 is 0 Å². The molecule has 164 valence electrons. The number of rotatable bonds is 9. The van der Waals surface area contributed by atoms with Gasteiger partial charge in [-0.05, 0) is 0 Å². The summed E-state index contributed by atoms with van der Waals surface area (Å²) in [6.45, 7) is 1.27. The van der Waals surface area contributed by atoms with Gasteiger partial charge in [-0.25, -0.2) is 43.0 Å². The highest BCUT2D eigenvalue weighted by Crippen LogP contribution is 1.97. The van der Waals surface area contributed by atoms with Gasteiger partial charge in [0, 0.05) is 56.8 Å². The molecule has 0 saturated carbocycles. The summed E-state index contributed by atoms with van der Waals surface area (Å²) < 4.78 is 19.2. The van der Waals surface area contributed by atoms with E-state index in [4.69, 9.17) is 14.2 Å². The lowest BCUT2D eigenvalue weighted by Crippen LogP contribution is -2.36. The van der Waals surface area contributed by atoms with Gasteiger partial charge in [-0.2, -0.15) is 0 Å². The molecule has 13 heteroatoms. The Hall–Kier alpha value is -4.00. The van der Waals surface area contributed by atoms with Crippen molar-refractivity contribution in [3.63, 3.8) is 0 Å². The lowest BCUT2D eigenvalue weighted by molar-refractivity contribution is 0.0908. The average molecular weight is 431 g/mol. The third-order valence-electron chi connectivity index (χ3n) is 4.04. The summed E-state index contributed by atoms with van der Waals surface area (Å²) in [4.78, 5) is 48.8. The standard InChI is InChI=1S/C18H21N7O6/c26-16(23-4-1-19-13-23)29-10-7-22(8-11-30-17(27)24-5-2-20-14-24)9-12-31-18(28)25-6-3-21-15-25/h1-6,13-15H,7-12H2. The number of nitrogens with zero attached hydrogens (tertiary/aromatic N) is 7. The van der Waals surface area contributed by atoms with Crippen LogP contribution in [0.3, 0.4) is 0 Å². The molecule has 0 N–H and O–H groups in total. The first-order chi connectivity index (χ1) is 15.1. The molecule has 0 bridgehead atoms. The summed E-state index contributed by atoms with van der Waals surface area (Å²) in [5, 5.41) is 0. The van der Waals surface area contributed by atoms with Crippen molar-refractivity contribution in [2.75, 3.05) is 39.5 Å². The smallest absolute Gasteiger partial charge is 0.419 e. The largest absolute Gasteiger partial charge is 0.448 e. The fourth-order valence-electron chi connectivity index (χ4n) is 2.45. The van der Waals surface area contributed by atoms with Crippen molar-refractivity contribution in [2.24, 2.45) is 0 Å². The van der Waals surface area contributed by atoms with Crippen LogP contribution in [0.15, 0.2) is 56.2 Å². The Kier molecular flexibility index (Phi) is 7.88. The summed E-state index contributed by atoms with van der Waals surface area (Å²) in [6, 6.07) is 0. The molecular weight excluding hydrogens is 410 g/mol. The van der Waals surface area contributed by atoms with Gasteiger partial charge < -0.3 is 14.2 Å². The Morgan fingerprint density at radius 2 is 0.935 bits per heavy atom. The van der Waals surface area contributed by atoms with Crippen molar-refractivity contribution in [3.05, 3.63) is 56.2 Å². The predicted octanol–water partition coefficient (Wildman–Crippen LogP) is 0.933. The molecule has 3 heterocycles. The van der Waals surface area contributed by atoms with Crippen LogP contribution in [-0.2, 0) is 14.2 Å². The number of aromatic nitrogens is 6. The van der Waals surface area contributed by atoms with Crippen molar-refractivity contribution in [3.8, 4) is 0 Å². The van der Waals surface area contributed by atoms with Crippen molar-refractivity contribution in [1.82, 2.24) is 33.6 Å². The minimum Gasteiger partial charge on any atom is -0.448 e. The number of carbonyl (C=O) groups is 3. The van der Waals surface area contributed by atoms with Crippen molar-refractivity contribution in [1.29, 1.82) is 0 Å². The van der Waals surface area contributed by atoms with Gasteiger partial charge in [-0.15, -0.1) is 0 Å². The summed E-state index contributed by atoms with van der Waals surface area (Å²) in [6.07, 6.45) is 11.2. The molecule has 0 aromatic carbocycles. The van der Waals surface area contributed by atoms with E-state index >= 15 is 0 Å². The van der Waals surface area contributed by atoms with E-state index in [0.717, 1.165) is 0 Å². The summed E-state index contributed by atoms with van der Waals surface area (Å²) >= 11 is 0. The van der Waals surface area contributed by atoms with Gasteiger partial charge >= 0.3 is 18.3 Å². The maximum atomic E-state index is 11.9. The van der Waals surface area contributed by atoms with Gasteiger partial charge in [0.15, 0.2) is 0 Å². The molecule has 0 fully saturated rings. The van der Waals surface area contributed by atoms with E-state index < -0.39 is 18.3 Å². The van der Waals surface area contributed by atoms with Crippen LogP contribution in [0.25, 0.3) is 0 Å². The Balaban J connectivity index is 1.44. The van der Waals surface area contributed by atoms with E-state index in [-0.39, 0.29) is 19.8 Å². The van der Waals surface area contributed by atoms with Gasteiger partial charge in [-0.1, -0.05) is 0 Å². The maximum absolute atomic E-state index is 11.9. The molecule has 0 aliphatic carbocycles. The predicted molar refractivity (Wildman–Crippen MR) is 103 cm³/mol. The number of carbonyl (C=O) groups excluding carboxylic acids is 3. The number of imidazole rings is 3. The van der Waals surface area contributed by atoms with Crippen LogP contribution < -0.4 is 0 Å². The minimum absolute atomic E-state index is 0.0853. The highest BCUT2D eigenvalue weighted by atomic mass is 16.6. The monoisotopic (exact) mass is 431 g/mol. The third-order valence-corrected chi connectivity index (χ3v) is 4.04. The van der Waals surface area contributed by atoms with Crippen LogP contribution in [-0.4, -0.2) is 91.3 Å². The maximum Gasteiger partial charge on any atom is 0.419 e. The molecule has 0 radical (unpaired) electrons. The van der Waals surface area contributed by atoms with Gasteiger partial charge in [0.25, 0.3) is 0 Å². The van der Waals surface area contributed by atoms with Gasteiger partial charge in [0.2, 0.25) is 0 Å². The average Bonchev–Trinajstić information content (AvgIpc) is 3.55. The molecule has 3 rings (SSSR count). The first kappa shape index (κ1) is 21.7. The zero-order valence-electron chi connectivity index (χ0n) is 16.5. The minimum atomic E-state index is -0.560. The lowest BCUT2D eigenvalue weighted by atomic mass is 10.4. The zero-order chi connectivity index (χ0) is 21.9. The quantitative estimate of drug-likeness (QED) is 0.450. The fourth-order valence-corrected chi connectivity index (χ4v) is 2.45. The molecule has 0 amide bonds. The molecule has 0 spiro atoms. The third kappa shape index (κ3) is 6.78. The van der Waals surface area contributed by atoms with Gasteiger partial charge in [0.05, 0.1) is 0 Å². The Morgan fingerprint density at radius 3 is 1.19 bits per heavy atom. The Morgan fingerprint density at radius 1 is 0.613 bits per heavy atom. The molecular formula is C18H21N7O6. The van der Waals surface area contributed by atoms with Crippen LogP contribution in [0.5, 0.6) is 0 Å². The topological polar surface area (TPSA) is 136 Å². The number of ether oxygens (including phenoxy) is 3. The molecule has 0 atom stereocenters. The molecule has 0 aliphatic heterocycles. The van der Waals surface area contributed by atoms with E-state index in [9.17, 15) is 14.4 Å². The molecule has 31 heavy (non-hydrogen) atoms. The lowest BCUT2D eigenvalue weighted by Gasteiger charge is -2.21. The number of hydrogen-bond acceptors (Lipinski definition) is 10. The molecule has 13 nitrogen and oxygen atoms in total. The van der Waals surface area contributed by atoms with Crippen LogP contribution in [0.1, 0.15) is 0 Å². The zero-order valence-corrected chi connectivity index (χ0v) is 16.5.